The number of amidine groups is 1. The summed E-state index contributed by atoms with van der Waals surface area (Å²) in [6, 6.07) is 0. The minimum absolute atomic E-state index is 0.0761. The molecule has 62 valence electrons. The summed E-state index contributed by atoms with van der Waals surface area (Å²) in [5, 5.41) is 6.91. The van der Waals surface area contributed by atoms with Gasteiger partial charge in [-0.25, -0.2) is 0 Å². The third-order valence-electron chi connectivity index (χ3n) is 0.970. The maximum absolute atomic E-state index is 5.35. The third kappa shape index (κ3) is 1.99. The normalized spacial score (nSPS) is 17.9. The molecule has 1 heterocycles. The van der Waals surface area contributed by atoms with Crippen LogP contribution in [0.5, 0.6) is 0 Å². The number of hydrogen-bond donors (Lipinski definition) is 1. The SMILES string of the molecule is CO/N=C(\N)C1=NOCCO1. The van der Waals surface area contributed by atoms with E-state index in [1.807, 2.05) is 0 Å². The van der Waals surface area contributed by atoms with Crippen LogP contribution in [0.3, 0.4) is 0 Å². The van der Waals surface area contributed by atoms with E-state index in [9.17, 15) is 0 Å². The van der Waals surface area contributed by atoms with E-state index in [-0.39, 0.29) is 11.7 Å². The first-order chi connectivity index (χ1) is 5.34. The smallest absolute Gasteiger partial charge is 0.296 e. The summed E-state index contributed by atoms with van der Waals surface area (Å²) >= 11 is 0. The van der Waals surface area contributed by atoms with E-state index in [0.29, 0.717) is 13.2 Å². The molecular formula is C5H9N3O3. The van der Waals surface area contributed by atoms with Gasteiger partial charge in [-0.2, -0.15) is 0 Å². The van der Waals surface area contributed by atoms with E-state index in [2.05, 4.69) is 15.1 Å². The first kappa shape index (κ1) is 7.64. The van der Waals surface area contributed by atoms with Gasteiger partial charge in [0.2, 0.25) is 5.84 Å². The van der Waals surface area contributed by atoms with Crippen molar-refractivity contribution in [3.05, 3.63) is 0 Å². The van der Waals surface area contributed by atoms with Gasteiger partial charge in [0.15, 0.2) is 6.61 Å². The number of rotatable bonds is 2. The Labute approximate surface area is 63.6 Å². The Bertz CT molecular complexity index is 189. The fraction of sp³-hybridized carbons (Fsp3) is 0.600. The van der Waals surface area contributed by atoms with Crippen LogP contribution in [0, 0.1) is 0 Å². The molecule has 1 aliphatic heterocycles. The molecule has 0 unspecified atom stereocenters. The van der Waals surface area contributed by atoms with Crippen molar-refractivity contribution >= 4 is 11.7 Å². The van der Waals surface area contributed by atoms with Crippen LogP contribution in [0.1, 0.15) is 0 Å². The van der Waals surface area contributed by atoms with Crippen LogP contribution in [0.2, 0.25) is 0 Å². The van der Waals surface area contributed by atoms with Gasteiger partial charge in [0.25, 0.3) is 5.90 Å². The zero-order chi connectivity index (χ0) is 8.10. The van der Waals surface area contributed by atoms with Crippen LogP contribution in [0.4, 0.5) is 0 Å². The molecule has 0 aromatic rings. The summed E-state index contributed by atoms with van der Waals surface area (Å²) in [5.41, 5.74) is 5.35. The first-order valence-electron chi connectivity index (χ1n) is 3.04. The Morgan fingerprint density at radius 3 is 3.09 bits per heavy atom. The summed E-state index contributed by atoms with van der Waals surface area (Å²) < 4.78 is 4.98. The highest BCUT2D eigenvalue weighted by Crippen LogP contribution is 1.93. The lowest BCUT2D eigenvalue weighted by Gasteiger charge is -2.11. The molecule has 0 amide bonds. The number of ether oxygens (including phenoxy) is 1. The average Bonchev–Trinajstić information content (AvgIpc) is 2.07. The van der Waals surface area contributed by atoms with Crippen molar-refractivity contribution in [2.75, 3.05) is 20.3 Å². The highest BCUT2D eigenvalue weighted by atomic mass is 16.7. The highest BCUT2D eigenvalue weighted by molar-refractivity contribution is 6.37. The lowest BCUT2D eigenvalue weighted by atomic mass is 10.6. The number of oxime groups is 2. The van der Waals surface area contributed by atoms with Gasteiger partial charge in [-0.15, -0.1) is 0 Å². The average molecular weight is 159 g/mol. The van der Waals surface area contributed by atoms with Crippen molar-refractivity contribution in [1.29, 1.82) is 0 Å². The first-order valence-corrected chi connectivity index (χ1v) is 3.04. The van der Waals surface area contributed by atoms with Gasteiger partial charge in [-0.05, 0) is 5.16 Å². The topological polar surface area (TPSA) is 78.4 Å². The molecule has 0 fully saturated rings. The van der Waals surface area contributed by atoms with Crippen molar-refractivity contribution in [1.82, 2.24) is 0 Å². The largest absolute Gasteiger partial charge is 0.469 e. The van der Waals surface area contributed by atoms with E-state index in [0.717, 1.165) is 0 Å². The van der Waals surface area contributed by atoms with E-state index < -0.39 is 0 Å². The third-order valence-corrected chi connectivity index (χ3v) is 0.970. The molecule has 0 bridgehead atoms. The number of nitrogens with two attached hydrogens (primary N) is 1. The van der Waals surface area contributed by atoms with Gasteiger partial charge in [-0.3, -0.25) is 0 Å². The standard InChI is InChI=1S/C5H9N3O3/c1-9-7-4(6)5-8-11-3-2-10-5/h2-3H2,1H3,(H2,6,7). The van der Waals surface area contributed by atoms with Crippen LogP contribution in [-0.2, 0) is 14.4 Å². The summed E-state index contributed by atoms with van der Waals surface area (Å²) in [6.07, 6.45) is 0. The Balaban J connectivity index is 2.58. The van der Waals surface area contributed by atoms with E-state index in [1.54, 1.807) is 0 Å². The summed E-state index contributed by atoms with van der Waals surface area (Å²) in [7, 11) is 1.39. The predicted octanol–water partition coefficient (Wildman–Crippen LogP) is -0.735. The molecule has 0 saturated heterocycles. The van der Waals surface area contributed by atoms with Gasteiger partial charge in [0.1, 0.15) is 13.7 Å². The number of hydrogen-bond acceptors (Lipinski definition) is 5. The molecule has 2 N–H and O–H groups in total. The number of nitrogens with zero attached hydrogens (tertiary/aromatic N) is 2. The van der Waals surface area contributed by atoms with Crippen molar-refractivity contribution in [3.63, 3.8) is 0 Å². The Morgan fingerprint density at radius 2 is 2.55 bits per heavy atom. The van der Waals surface area contributed by atoms with Gasteiger partial charge in [-0.1, -0.05) is 5.16 Å². The Morgan fingerprint density at radius 1 is 1.73 bits per heavy atom. The van der Waals surface area contributed by atoms with E-state index in [4.69, 9.17) is 15.3 Å². The van der Waals surface area contributed by atoms with E-state index in [1.165, 1.54) is 7.11 Å². The second kappa shape index (κ2) is 3.65. The molecule has 6 heteroatoms. The fourth-order valence-electron chi connectivity index (χ4n) is 0.564. The Hall–Kier alpha value is -1.46. The van der Waals surface area contributed by atoms with Crippen LogP contribution < -0.4 is 5.73 Å². The van der Waals surface area contributed by atoms with Gasteiger partial charge >= 0.3 is 0 Å². The molecule has 0 aliphatic carbocycles. The lowest BCUT2D eigenvalue weighted by Crippen LogP contribution is -2.30. The van der Waals surface area contributed by atoms with Gasteiger partial charge in [0, 0.05) is 0 Å². The second-order valence-corrected chi connectivity index (χ2v) is 1.74. The van der Waals surface area contributed by atoms with Crippen LogP contribution >= 0.6 is 0 Å². The minimum Gasteiger partial charge on any atom is -0.469 e. The molecule has 0 atom stereocenters. The molecule has 11 heavy (non-hydrogen) atoms. The fourth-order valence-corrected chi connectivity index (χ4v) is 0.564. The molecule has 1 aliphatic rings. The molecule has 0 spiro atoms. The summed E-state index contributed by atoms with van der Waals surface area (Å²) in [4.78, 5) is 9.10. The van der Waals surface area contributed by atoms with Crippen molar-refractivity contribution in [3.8, 4) is 0 Å². The van der Waals surface area contributed by atoms with Gasteiger partial charge < -0.3 is 20.1 Å². The molecule has 6 nitrogen and oxygen atoms in total. The maximum atomic E-state index is 5.35. The maximum Gasteiger partial charge on any atom is 0.296 e. The molecule has 1 rings (SSSR count). The Kier molecular flexibility index (Phi) is 2.53. The molecule has 0 aromatic carbocycles. The zero-order valence-electron chi connectivity index (χ0n) is 6.11. The van der Waals surface area contributed by atoms with Gasteiger partial charge in [0.05, 0.1) is 0 Å². The van der Waals surface area contributed by atoms with Crippen LogP contribution in [0.25, 0.3) is 0 Å². The van der Waals surface area contributed by atoms with E-state index >= 15 is 0 Å². The predicted molar refractivity (Wildman–Crippen MR) is 38.0 cm³/mol. The summed E-state index contributed by atoms with van der Waals surface area (Å²) in [6.45, 7) is 0.864. The lowest BCUT2D eigenvalue weighted by molar-refractivity contribution is 0.0670. The monoisotopic (exact) mass is 159 g/mol. The molecule has 0 aromatic heterocycles. The zero-order valence-corrected chi connectivity index (χ0v) is 6.11. The van der Waals surface area contributed by atoms with Crippen LogP contribution in [0.15, 0.2) is 10.3 Å². The van der Waals surface area contributed by atoms with Crippen molar-refractivity contribution < 1.29 is 14.4 Å². The molecular weight excluding hydrogens is 150 g/mol. The second-order valence-electron chi connectivity index (χ2n) is 1.74. The summed E-state index contributed by atoms with van der Waals surface area (Å²) in [5.74, 6) is 0.241. The molecule has 0 radical (unpaired) electrons. The highest BCUT2D eigenvalue weighted by Gasteiger charge is 2.11. The molecule has 0 saturated carbocycles. The minimum atomic E-state index is 0.0761. The quantitative estimate of drug-likeness (QED) is 0.327. The van der Waals surface area contributed by atoms with Crippen molar-refractivity contribution in [2.45, 2.75) is 0 Å². The van der Waals surface area contributed by atoms with Crippen LogP contribution in [-0.4, -0.2) is 32.1 Å². The van der Waals surface area contributed by atoms with Crippen molar-refractivity contribution in [2.24, 2.45) is 16.0 Å².